The zero-order valence-electron chi connectivity index (χ0n) is 11.9. The van der Waals surface area contributed by atoms with Crippen LogP contribution in [0.15, 0.2) is 42.2 Å². The highest BCUT2D eigenvalue weighted by Gasteiger charge is 2.35. The Morgan fingerprint density at radius 3 is 2.50 bits per heavy atom. The molecule has 0 spiro atoms. The number of hydrogen-bond acceptors (Lipinski definition) is 2. The average molecular weight is 271 g/mol. The summed E-state index contributed by atoms with van der Waals surface area (Å²) in [6, 6.07) is 10.4. The van der Waals surface area contributed by atoms with Crippen LogP contribution in [0.5, 0.6) is 0 Å². The summed E-state index contributed by atoms with van der Waals surface area (Å²) >= 11 is 0. The molecule has 2 aliphatic rings. The summed E-state index contributed by atoms with van der Waals surface area (Å²) in [5.41, 5.74) is 1.05. The van der Waals surface area contributed by atoms with Crippen molar-refractivity contribution in [2.45, 2.75) is 51.3 Å². The highest BCUT2D eigenvalue weighted by atomic mass is 16.5. The Morgan fingerprint density at radius 2 is 1.80 bits per heavy atom. The quantitative estimate of drug-likeness (QED) is 0.819. The van der Waals surface area contributed by atoms with E-state index < -0.39 is 0 Å². The molecule has 0 aromatic heterocycles. The van der Waals surface area contributed by atoms with Crippen molar-refractivity contribution in [3.05, 3.63) is 47.7 Å². The molecule has 1 saturated carbocycles. The van der Waals surface area contributed by atoms with Crippen molar-refractivity contribution in [3.63, 3.8) is 0 Å². The second-order valence-electron chi connectivity index (χ2n) is 5.67. The Kier molecular flexibility index (Phi) is 3.77. The van der Waals surface area contributed by atoms with E-state index in [2.05, 4.69) is 0 Å². The number of nitrogens with zero attached hydrogens (tertiary/aromatic N) is 1. The molecule has 1 heterocycles. The maximum absolute atomic E-state index is 12.5. The van der Waals surface area contributed by atoms with Crippen molar-refractivity contribution in [2.24, 2.45) is 0 Å². The van der Waals surface area contributed by atoms with Crippen LogP contribution in [0.2, 0.25) is 0 Å². The van der Waals surface area contributed by atoms with Gasteiger partial charge < -0.3 is 4.74 Å². The van der Waals surface area contributed by atoms with Gasteiger partial charge in [0.25, 0.3) is 5.91 Å². The van der Waals surface area contributed by atoms with Gasteiger partial charge in [0.1, 0.15) is 5.76 Å². The molecule has 3 rings (SSSR count). The Bertz CT molecular complexity index is 503. The van der Waals surface area contributed by atoms with E-state index >= 15 is 0 Å². The van der Waals surface area contributed by atoms with Crippen LogP contribution in [-0.4, -0.2) is 16.8 Å². The Morgan fingerprint density at radius 1 is 1.10 bits per heavy atom. The van der Waals surface area contributed by atoms with Gasteiger partial charge in [-0.2, -0.15) is 0 Å². The van der Waals surface area contributed by atoms with Crippen LogP contribution in [0.3, 0.4) is 0 Å². The normalized spacial score (nSPS) is 24.2. The van der Waals surface area contributed by atoms with Crippen LogP contribution in [-0.2, 0) is 9.53 Å². The summed E-state index contributed by atoms with van der Waals surface area (Å²) in [4.78, 5) is 14.4. The standard InChI is InChI=1S/C17H21NO2/c1-13-12-16(19)18(15-10-6-3-7-11-15)17(20-13)14-8-4-2-5-9-14/h2,4-5,8-9,12,15,17H,3,6-7,10-11H2,1H3. The highest BCUT2D eigenvalue weighted by Crippen LogP contribution is 2.35. The van der Waals surface area contributed by atoms with Gasteiger partial charge in [-0.15, -0.1) is 0 Å². The fourth-order valence-corrected chi connectivity index (χ4v) is 3.21. The van der Waals surface area contributed by atoms with E-state index in [-0.39, 0.29) is 12.1 Å². The lowest BCUT2D eigenvalue weighted by atomic mass is 9.93. The molecular formula is C17H21NO2. The third kappa shape index (κ3) is 2.58. The number of ether oxygens (including phenoxy) is 1. The monoisotopic (exact) mass is 271 g/mol. The number of amides is 1. The second kappa shape index (κ2) is 5.70. The zero-order chi connectivity index (χ0) is 13.9. The SMILES string of the molecule is CC1=CC(=O)N(C2CCCCC2)C(c2ccccc2)O1. The van der Waals surface area contributed by atoms with E-state index in [1.54, 1.807) is 6.08 Å². The first kappa shape index (κ1) is 13.2. The van der Waals surface area contributed by atoms with Crippen molar-refractivity contribution in [1.82, 2.24) is 4.90 Å². The molecule has 0 saturated heterocycles. The number of carbonyl (C=O) groups excluding carboxylic acids is 1. The van der Waals surface area contributed by atoms with Crippen LogP contribution < -0.4 is 0 Å². The molecule has 0 radical (unpaired) electrons. The third-order valence-electron chi connectivity index (χ3n) is 4.18. The molecule has 0 N–H and O–H groups in total. The van der Waals surface area contributed by atoms with Crippen LogP contribution in [0.25, 0.3) is 0 Å². The summed E-state index contributed by atoms with van der Waals surface area (Å²) in [6.07, 6.45) is 7.23. The van der Waals surface area contributed by atoms with Gasteiger partial charge in [0.05, 0.1) is 0 Å². The van der Waals surface area contributed by atoms with Crippen molar-refractivity contribution in [2.75, 3.05) is 0 Å². The molecule has 1 aromatic carbocycles. The van der Waals surface area contributed by atoms with Crippen molar-refractivity contribution < 1.29 is 9.53 Å². The van der Waals surface area contributed by atoms with E-state index in [9.17, 15) is 4.79 Å². The molecule has 3 nitrogen and oxygen atoms in total. The molecule has 1 aliphatic carbocycles. The number of carbonyl (C=O) groups is 1. The van der Waals surface area contributed by atoms with Crippen LogP contribution in [0, 0.1) is 0 Å². The van der Waals surface area contributed by atoms with E-state index in [0.717, 1.165) is 18.4 Å². The minimum atomic E-state index is -0.267. The molecule has 1 amide bonds. The molecular weight excluding hydrogens is 250 g/mol. The largest absolute Gasteiger partial charge is 0.471 e. The summed E-state index contributed by atoms with van der Waals surface area (Å²) in [5.74, 6) is 0.797. The molecule has 1 aromatic rings. The molecule has 0 bridgehead atoms. The maximum Gasteiger partial charge on any atom is 0.253 e. The maximum atomic E-state index is 12.5. The number of hydrogen-bond donors (Lipinski definition) is 0. The Balaban J connectivity index is 1.92. The predicted molar refractivity (Wildman–Crippen MR) is 77.7 cm³/mol. The molecule has 1 unspecified atom stereocenters. The smallest absolute Gasteiger partial charge is 0.253 e. The van der Waals surface area contributed by atoms with Gasteiger partial charge in [0.2, 0.25) is 6.23 Å². The number of benzene rings is 1. The predicted octanol–water partition coefficient (Wildman–Crippen LogP) is 3.78. The van der Waals surface area contributed by atoms with Gasteiger partial charge in [0.15, 0.2) is 0 Å². The van der Waals surface area contributed by atoms with Gasteiger partial charge in [-0.1, -0.05) is 49.6 Å². The molecule has 3 heteroatoms. The van der Waals surface area contributed by atoms with Crippen LogP contribution >= 0.6 is 0 Å². The average Bonchev–Trinajstić information content (AvgIpc) is 2.48. The lowest BCUT2D eigenvalue weighted by Crippen LogP contribution is -2.46. The third-order valence-corrected chi connectivity index (χ3v) is 4.18. The first-order chi connectivity index (χ1) is 9.75. The molecule has 1 fully saturated rings. The van der Waals surface area contributed by atoms with Crippen molar-refractivity contribution >= 4 is 5.91 Å². The topological polar surface area (TPSA) is 29.5 Å². The Labute approximate surface area is 120 Å². The highest BCUT2D eigenvalue weighted by molar-refractivity contribution is 5.89. The first-order valence-corrected chi connectivity index (χ1v) is 7.48. The van der Waals surface area contributed by atoms with E-state index in [1.165, 1.54) is 19.3 Å². The zero-order valence-corrected chi connectivity index (χ0v) is 11.9. The van der Waals surface area contributed by atoms with Crippen LogP contribution in [0.4, 0.5) is 0 Å². The lowest BCUT2D eigenvalue weighted by molar-refractivity contribution is -0.149. The Hall–Kier alpha value is -1.77. The summed E-state index contributed by atoms with van der Waals surface area (Å²) in [7, 11) is 0. The van der Waals surface area contributed by atoms with Crippen molar-refractivity contribution in [1.29, 1.82) is 0 Å². The minimum Gasteiger partial charge on any atom is -0.471 e. The van der Waals surface area contributed by atoms with E-state index in [1.807, 2.05) is 42.2 Å². The van der Waals surface area contributed by atoms with E-state index in [4.69, 9.17) is 4.74 Å². The van der Waals surface area contributed by atoms with Gasteiger partial charge in [-0.05, 0) is 19.8 Å². The molecule has 106 valence electrons. The van der Waals surface area contributed by atoms with Crippen molar-refractivity contribution in [3.8, 4) is 0 Å². The van der Waals surface area contributed by atoms with Gasteiger partial charge in [0, 0.05) is 17.7 Å². The second-order valence-corrected chi connectivity index (χ2v) is 5.67. The van der Waals surface area contributed by atoms with Gasteiger partial charge in [-0.3, -0.25) is 9.69 Å². The molecule has 1 aliphatic heterocycles. The molecule has 20 heavy (non-hydrogen) atoms. The van der Waals surface area contributed by atoms with Gasteiger partial charge in [-0.25, -0.2) is 0 Å². The number of rotatable bonds is 2. The van der Waals surface area contributed by atoms with E-state index in [0.29, 0.717) is 11.8 Å². The summed E-state index contributed by atoms with van der Waals surface area (Å²) in [5, 5.41) is 0. The fraction of sp³-hybridized carbons (Fsp3) is 0.471. The minimum absolute atomic E-state index is 0.0921. The number of allylic oxidation sites excluding steroid dienone is 1. The summed E-state index contributed by atoms with van der Waals surface area (Å²) in [6.45, 7) is 1.85. The fourth-order valence-electron chi connectivity index (χ4n) is 3.21. The molecule has 1 atom stereocenters. The van der Waals surface area contributed by atoms with Gasteiger partial charge >= 0.3 is 0 Å². The van der Waals surface area contributed by atoms with Crippen LogP contribution in [0.1, 0.15) is 50.8 Å². The lowest BCUT2D eigenvalue weighted by Gasteiger charge is -2.41. The summed E-state index contributed by atoms with van der Waals surface area (Å²) < 4.78 is 5.97. The first-order valence-electron chi connectivity index (χ1n) is 7.48.